The third kappa shape index (κ3) is 3.58. The Balaban J connectivity index is 3.01. The number of rotatable bonds is 4. The molecule has 94 valence electrons. The minimum atomic E-state index is 0.115. The number of carbonyl (C=O) groups excluding carboxylic acids is 1. The van der Waals surface area contributed by atoms with Gasteiger partial charge in [0.2, 0.25) is 5.91 Å². The van der Waals surface area contributed by atoms with Gasteiger partial charge in [0, 0.05) is 13.5 Å². The Bertz CT molecular complexity index is 396. The SMILES string of the molecule is CNC(=O)CC(c1ccc(C)cc1C)C(C)C. The van der Waals surface area contributed by atoms with E-state index >= 15 is 0 Å². The van der Waals surface area contributed by atoms with E-state index < -0.39 is 0 Å². The standard InChI is InChI=1S/C15H23NO/c1-10(2)14(9-15(17)16-5)13-7-6-11(3)8-12(13)4/h6-8,10,14H,9H2,1-5H3,(H,16,17). The summed E-state index contributed by atoms with van der Waals surface area (Å²) in [5.41, 5.74) is 3.86. The van der Waals surface area contributed by atoms with Crippen molar-refractivity contribution in [1.82, 2.24) is 5.32 Å². The molecule has 17 heavy (non-hydrogen) atoms. The van der Waals surface area contributed by atoms with Gasteiger partial charge in [0.15, 0.2) is 0 Å². The molecule has 0 aliphatic heterocycles. The Morgan fingerprint density at radius 2 is 1.94 bits per heavy atom. The average molecular weight is 233 g/mol. The molecule has 1 amide bonds. The fourth-order valence-corrected chi connectivity index (χ4v) is 2.25. The second-order valence-electron chi connectivity index (χ2n) is 5.09. The Labute approximate surface area is 104 Å². The van der Waals surface area contributed by atoms with Crippen molar-refractivity contribution in [3.63, 3.8) is 0 Å². The number of benzene rings is 1. The zero-order chi connectivity index (χ0) is 13.0. The van der Waals surface area contributed by atoms with E-state index in [2.05, 4.69) is 51.2 Å². The first kappa shape index (κ1) is 13.8. The molecule has 0 saturated carbocycles. The van der Waals surface area contributed by atoms with Crippen LogP contribution in [0.3, 0.4) is 0 Å². The highest BCUT2D eigenvalue weighted by atomic mass is 16.1. The zero-order valence-electron chi connectivity index (χ0n) is 11.5. The molecule has 0 aromatic heterocycles. The van der Waals surface area contributed by atoms with Gasteiger partial charge in [-0.2, -0.15) is 0 Å². The monoisotopic (exact) mass is 233 g/mol. The van der Waals surface area contributed by atoms with Crippen LogP contribution >= 0.6 is 0 Å². The van der Waals surface area contributed by atoms with E-state index in [1.165, 1.54) is 16.7 Å². The molecule has 0 heterocycles. The van der Waals surface area contributed by atoms with Gasteiger partial charge in [-0.05, 0) is 36.8 Å². The first-order valence-corrected chi connectivity index (χ1v) is 6.23. The lowest BCUT2D eigenvalue weighted by molar-refractivity contribution is -0.121. The molecule has 1 N–H and O–H groups in total. The zero-order valence-corrected chi connectivity index (χ0v) is 11.5. The predicted octanol–water partition coefficient (Wildman–Crippen LogP) is 3.18. The number of hydrogen-bond acceptors (Lipinski definition) is 1. The van der Waals surface area contributed by atoms with E-state index in [0.717, 1.165) is 0 Å². The quantitative estimate of drug-likeness (QED) is 0.850. The van der Waals surface area contributed by atoms with Crippen molar-refractivity contribution in [2.45, 2.75) is 40.0 Å². The van der Waals surface area contributed by atoms with Crippen molar-refractivity contribution in [3.8, 4) is 0 Å². The fraction of sp³-hybridized carbons (Fsp3) is 0.533. The van der Waals surface area contributed by atoms with Crippen LogP contribution in [0.2, 0.25) is 0 Å². The molecule has 1 aromatic carbocycles. The molecular weight excluding hydrogens is 210 g/mol. The Kier molecular flexibility index (Phi) is 4.73. The van der Waals surface area contributed by atoms with Crippen molar-refractivity contribution in [1.29, 1.82) is 0 Å². The third-order valence-corrected chi connectivity index (χ3v) is 3.31. The van der Waals surface area contributed by atoms with E-state index in [1.807, 2.05) is 0 Å². The maximum Gasteiger partial charge on any atom is 0.220 e. The molecule has 0 saturated heterocycles. The highest BCUT2D eigenvalue weighted by molar-refractivity contribution is 5.76. The molecule has 0 bridgehead atoms. The molecule has 1 rings (SSSR count). The van der Waals surface area contributed by atoms with Crippen LogP contribution in [0, 0.1) is 19.8 Å². The molecule has 1 unspecified atom stereocenters. The van der Waals surface area contributed by atoms with Crippen molar-refractivity contribution in [2.75, 3.05) is 7.05 Å². The molecule has 0 fully saturated rings. The molecule has 2 nitrogen and oxygen atoms in total. The first-order valence-electron chi connectivity index (χ1n) is 6.23. The lowest BCUT2D eigenvalue weighted by Crippen LogP contribution is -2.23. The molecule has 0 aliphatic rings. The van der Waals surface area contributed by atoms with Crippen LogP contribution < -0.4 is 5.32 Å². The van der Waals surface area contributed by atoms with Gasteiger partial charge in [0.1, 0.15) is 0 Å². The highest BCUT2D eigenvalue weighted by Crippen LogP contribution is 2.30. The maximum absolute atomic E-state index is 11.6. The van der Waals surface area contributed by atoms with Crippen LogP contribution in [0.25, 0.3) is 0 Å². The summed E-state index contributed by atoms with van der Waals surface area (Å²) < 4.78 is 0. The number of carbonyl (C=O) groups is 1. The molecule has 0 radical (unpaired) electrons. The van der Waals surface area contributed by atoms with Crippen LogP contribution in [0.5, 0.6) is 0 Å². The van der Waals surface area contributed by atoms with E-state index in [4.69, 9.17) is 0 Å². The summed E-state index contributed by atoms with van der Waals surface area (Å²) in [4.78, 5) is 11.6. The first-order chi connectivity index (χ1) is 7.95. The van der Waals surface area contributed by atoms with Crippen molar-refractivity contribution >= 4 is 5.91 Å². The summed E-state index contributed by atoms with van der Waals surface area (Å²) in [5.74, 6) is 0.882. The molecular formula is C15H23NO. The number of amides is 1. The topological polar surface area (TPSA) is 29.1 Å². The minimum absolute atomic E-state index is 0.115. The molecule has 0 spiro atoms. The van der Waals surface area contributed by atoms with Crippen molar-refractivity contribution < 1.29 is 4.79 Å². The summed E-state index contributed by atoms with van der Waals surface area (Å²) in [6.07, 6.45) is 0.568. The van der Waals surface area contributed by atoms with Gasteiger partial charge in [0.25, 0.3) is 0 Å². The Morgan fingerprint density at radius 1 is 1.29 bits per heavy atom. The lowest BCUT2D eigenvalue weighted by Gasteiger charge is -2.22. The highest BCUT2D eigenvalue weighted by Gasteiger charge is 2.20. The van der Waals surface area contributed by atoms with Crippen molar-refractivity contribution in [2.24, 2.45) is 5.92 Å². The van der Waals surface area contributed by atoms with Crippen molar-refractivity contribution in [3.05, 3.63) is 34.9 Å². The van der Waals surface area contributed by atoms with Gasteiger partial charge in [-0.3, -0.25) is 4.79 Å². The Morgan fingerprint density at radius 3 is 2.41 bits per heavy atom. The van der Waals surface area contributed by atoms with E-state index in [9.17, 15) is 4.79 Å². The summed E-state index contributed by atoms with van der Waals surface area (Å²) >= 11 is 0. The Hall–Kier alpha value is -1.31. The number of hydrogen-bond donors (Lipinski definition) is 1. The minimum Gasteiger partial charge on any atom is -0.359 e. The van der Waals surface area contributed by atoms with Gasteiger partial charge < -0.3 is 5.32 Å². The van der Waals surface area contributed by atoms with Gasteiger partial charge in [0.05, 0.1) is 0 Å². The van der Waals surface area contributed by atoms with Crippen LogP contribution in [-0.2, 0) is 4.79 Å². The largest absolute Gasteiger partial charge is 0.359 e. The second kappa shape index (κ2) is 5.85. The van der Waals surface area contributed by atoms with Gasteiger partial charge in [-0.15, -0.1) is 0 Å². The van der Waals surface area contributed by atoms with E-state index in [1.54, 1.807) is 7.05 Å². The summed E-state index contributed by atoms with van der Waals surface area (Å²) in [6, 6.07) is 6.48. The average Bonchev–Trinajstić information content (AvgIpc) is 2.26. The van der Waals surface area contributed by atoms with Gasteiger partial charge in [-0.25, -0.2) is 0 Å². The van der Waals surface area contributed by atoms with Crippen LogP contribution in [0.4, 0.5) is 0 Å². The summed E-state index contributed by atoms with van der Waals surface area (Å²) in [5, 5.41) is 2.71. The second-order valence-corrected chi connectivity index (χ2v) is 5.09. The molecule has 0 aliphatic carbocycles. The third-order valence-electron chi connectivity index (χ3n) is 3.31. The summed E-state index contributed by atoms with van der Waals surface area (Å²) in [6.45, 7) is 8.57. The fourth-order valence-electron chi connectivity index (χ4n) is 2.25. The van der Waals surface area contributed by atoms with Gasteiger partial charge in [-0.1, -0.05) is 37.6 Å². The van der Waals surface area contributed by atoms with Crippen LogP contribution in [0.15, 0.2) is 18.2 Å². The van der Waals surface area contributed by atoms with E-state index in [0.29, 0.717) is 18.3 Å². The normalized spacial score (nSPS) is 12.6. The molecule has 1 atom stereocenters. The molecule has 2 heteroatoms. The predicted molar refractivity (Wildman–Crippen MR) is 72.2 cm³/mol. The smallest absolute Gasteiger partial charge is 0.220 e. The lowest BCUT2D eigenvalue weighted by atomic mass is 9.83. The number of aryl methyl sites for hydroxylation is 2. The van der Waals surface area contributed by atoms with Gasteiger partial charge >= 0.3 is 0 Å². The molecule has 1 aromatic rings. The van der Waals surface area contributed by atoms with Crippen LogP contribution in [0.1, 0.15) is 42.9 Å². The van der Waals surface area contributed by atoms with E-state index in [-0.39, 0.29) is 5.91 Å². The van der Waals surface area contributed by atoms with Crippen LogP contribution in [-0.4, -0.2) is 13.0 Å². The summed E-state index contributed by atoms with van der Waals surface area (Å²) in [7, 11) is 1.70. The number of nitrogens with one attached hydrogen (secondary N) is 1. The maximum atomic E-state index is 11.6.